The zero-order valence-electron chi connectivity index (χ0n) is 21.4. The number of hydrogen-bond acceptors (Lipinski definition) is 5. The van der Waals surface area contributed by atoms with Crippen molar-refractivity contribution >= 4 is 16.8 Å². The number of aromatic amines is 1. The number of benzene rings is 2. The van der Waals surface area contributed by atoms with E-state index in [4.69, 9.17) is 4.74 Å². The van der Waals surface area contributed by atoms with Gasteiger partial charge in [-0.2, -0.15) is 0 Å². The molecule has 6 nitrogen and oxygen atoms in total. The van der Waals surface area contributed by atoms with E-state index in [0.29, 0.717) is 23.0 Å². The molecular formula is C27H38N4O2. The van der Waals surface area contributed by atoms with Gasteiger partial charge in [0.25, 0.3) is 0 Å². The Morgan fingerprint density at radius 2 is 1.45 bits per heavy atom. The molecule has 0 radical (unpaired) electrons. The summed E-state index contributed by atoms with van der Waals surface area (Å²) in [5.41, 5.74) is 2.98. The Kier molecular flexibility index (Phi) is 15.2. The second-order valence-electron chi connectivity index (χ2n) is 5.57. The van der Waals surface area contributed by atoms with Crippen LogP contribution < -0.4 is 4.74 Å². The van der Waals surface area contributed by atoms with Crippen molar-refractivity contribution in [1.29, 1.82) is 0 Å². The van der Waals surface area contributed by atoms with Gasteiger partial charge < -0.3 is 9.72 Å². The summed E-state index contributed by atoms with van der Waals surface area (Å²) in [5.74, 6) is 1.25. The van der Waals surface area contributed by atoms with Crippen LogP contribution in [0.1, 0.15) is 77.1 Å². The number of para-hydroxylation sites is 2. The largest absolute Gasteiger partial charge is 0.439 e. The van der Waals surface area contributed by atoms with Gasteiger partial charge in [0.15, 0.2) is 5.82 Å². The number of fused-ring (bicyclic) bond motifs is 1. The molecule has 0 amide bonds. The summed E-state index contributed by atoms with van der Waals surface area (Å²) in [7, 11) is 0. The molecule has 0 atom stereocenters. The molecule has 0 bridgehead atoms. The van der Waals surface area contributed by atoms with Crippen LogP contribution in [0.5, 0.6) is 11.6 Å². The van der Waals surface area contributed by atoms with Gasteiger partial charge >= 0.3 is 0 Å². The SMILES string of the molecule is CC.CC.CC.CC.Cc1cncnc1Oc1ccc(C(=O)c2nc3ccccc3[nH]2)cc1. The summed E-state index contributed by atoms with van der Waals surface area (Å²) in [5, 5.41) is 0. The van der Waals surface area contributed by atoms with Crippen LogP contribution in [0.15, 0.2) is 61.1 Å². The van der Waals surface area contributed by atoms with E-state index in [9.17, 15) is 4.79 Å². The molecule has 0 saturated carbocycles. The zero-order chi connectivity index (χ0) is 25.2. The molecule has 6 heteroatoms. The van der Waals surface area contributed by atoms with Crippen molar-refractivity contribution in [2.75, 3.05) is 0 Å². The molecule has 0 aliphatic rings. The first-order valence-electron chi connectivity index (χ1n) is 11.7. The first kappa shape index (κ1) is 29.5. The highest BCUT2D eigenvalue weighted by Crippen LogP contribution is 2.23. The third-order valence-electron chi connectivity index (χ3n) is 3.78. The van der Waals surface area contributed by atoms with Crippen molar-refractivity contribution in [3.63, 3.8) is 0 Å². The van der Waals surface area contributed by atoms with E-state index in [1.54, 1.807) is 30.5 Å². The fourth-order valence-electron chi connectivity index (χ4n) is 2.48. The molecule has 2 aromatic carbocycles. The molecule has 1 N–H and O–H groups in total. The molecule has 0 fully saturated rings. The average molecular weight is 451 g/mol. The van der Waals surface area contributed by atoms with Gasteiger partial charge in [-0.3, -0.25) is 4.79 Å². The van der Waals surface area contributed by atoms with Crippen molar-refractivity contribution < 1.29 is 9.53 Å². The van der Waals surface area contributed by atoms with E-state index in [1.165, 1.54) is 6.33 Å². The lowest BCUT2D eigenvalue weighted by atomic mass is 10.1. The van der Waals surface area contributed by atoms with Crippen LogP contribution in [0.3, 0.4) is 0 Å². The number of nitrogens with zero attached hydrogens (tertiary/aromatic N) is 3. The number of carbonyl (C=O) groups excluding carboxylic acids is 1. The number of hydrogen-bond donors (Lipinski definition) is 1. The number of aromatic nitrogens is 4. The van der Waals surface area contributed by atoms with E-state index in [2.05, 4.69) is 19.9 Å². The molecule has 2 aromatic heterocycles. The maximum Gasteiger partial charge on any atom is 0.228 e. The first-order chi connectivity index (χ1) is 16.2. The van der Waals surface area contributed by atoms with Gasteiger partial charge in [-0.05, 0) is 43.3 Å². The normalized spacial score (nSPS) is 8.88. The fourth-order valence-corrected chi connectivity index (χ4v) is 2.48. The van der Waals surface area contributed by atoms with Crippen molar-refractivity contribution in [3.05, 3.63) is 78.0 Å². The molecule has 178 valence electrons. The molecule has 0 aliphatic heterocycles. The summed E-state index contributed by atoms with van der Waals surface area (Å²) >= 11 is 0. The lowest BCUT2D eigenvalue weighted by Crippen LogP contribution is -2.03. The number of ketones is 1. The van der Waals surface area contributed by atoms with Crippen LogP contribution in [-0.2, 0) is 0 Å². The molecule has 2 heterocycles. The van der Waals surface area contributed by atoms with E-state index in [1.807, 2.05) is 86.6 Å². The Balaban J connectivity index is 0.00000116. The summed E-state index contributed by atoms with van der Waals surface area (Å²) < 4.78 is 5.71. The molecule has 0 unspecified atom stereocenters. The predicted octanol–water partition coefficient (Wildman–Crippen LogP) is 7.79. The van der Waals surface area contributed by atoms with Gasteiger partial charge in [0.2, 0.25) is 11.7 Å². The maximum absolute atomic E-state index is 12.6. The molecule has 0 aliphatic carbocycles. The number of nitrogens with one attached hydrogen (secondary N) is 1. The number of rotatable bonds is 4. The standard InChI is InChI=1S/C19H14N4O2.4C2H6/c1-12-10-20-11-21-19(12)25-14-8-6-13(7-9-14)17(24)18-22-15-4-2-3-5-16(15)23-18;4*1-2/h2-11H,1H3,(H,22,23);4*1-2H3. The average Bonchev–Trinajstić information content (AvgIpc) is 3.35. The second-order valence-corrected chi connectivity index (χ2v) is 5.57. The van der Waals surface area contributed by atoms with Crippen molar-refractivity contribution in [2.24, 2.45) is 0 Å². The second kappa shape index (κ2) is 17.1. The zero-order valence-corrected chi connectivity index (χ0v) is 21.4. The Morgan fingerprint density at radius 3 is 2.03 bits per heavy atom. The van der Waals surface area contributed by atoms with Crippen molar-refractivity contribution in [1.82, 2.24) is 19.9 Å². The minimum atomic E-state index is -0.166. The topological polar surface area (TPSA) is 80.8 Å². The van der Waals surface area contributed by atoms with E-state index < -0.39 is 0 Å². The van der Waals surface area contributed by atoms with Gasteiger partial charge in [-0.1, -0.05) is 67.5 Å². The van der Waals surface area contributed by atoms with Crippen LogP contribution >= 0.6 is 0 Å². The highest BCUT2D eigenvalue weighted by molar-refractivity contribution is 6.08. The minimum absolute atomic E-state index is 0.166. The van der Waals surface area contributed by atoms with E-state index >= 15 is 0 Å². The molecule has 0 saturated heterocycles. The van der Waals surface area contributed by atoms with Crippen LogP contribution in [-0.4, -0.2) is 25.7 Å². The Bertz CT molecular complexity index is 1020. The molecule has 0 spiro atoms. The van der Waals surface area contributed by atoms with Gasteiger partial charge in [-0.25, -0.2) is 15.0 Å². The highest BCUT2D eigenvalue weighted by atomic mass is 16.5. The Hall–Kier alpha value is -3.54. The fraction of sp³-hybridized carbons (Fsp3) is 0.333. The van der Waals surface area contributed by atoms with Crippen molar-refractivity contribution in [3.8, 4) is 11.6 Å². The third-order valence-corrected chi connectivity index (χ3v) is 3.78. The first-order valence-corrected chi connectivity index (χ1v) is 11.7. The minimum Gasteiger partial charge on any atom is -0.439 e. The maximum atomic E-state index is 12.6. The number of aryl methyl sites for hydroxylation is 1. The molecule has 4 rings (SSSR count). The summed E-state index contributed by atoms with van der Waals surface area (Å²) in [6, 6.07) is 14.4. The molecule has 33 heavy (non-hydrogen) atoms. The molecule has 4 aromatic rings. The Morgan fingerprint density at radius 1 is 0.848 bits per heavy atom. The van der Waals surface area contributed by atoms with E-state index in [-0.39, 0.29) is 5.78 Å². The summed E-state index contributed by atoms with van der Waals surface area (Å²) in [6.45, 7) is 17.9. The van der Waals surface area contributed by atoms with Gasteiger partial charge in [0.1, 0.15) is 12.1 Å². The monoisotopic (exact) mass is 450 g/mol. The van der Waals surface area contributed by atoms with Gasteiger partial charge in [0, 0.05) is 17.3 Å². The highest BCUT2D eigenvalue weighted by Gasteiger charge is 2.14. The Labute approximate surface area is 198 Å². The smallest absolute Gasteiger partial charge is 0.228 e. The summed E-state index contributed by atoms with van der Waals surface area (Å²) in [6.07, 6.45) is 3.11. The molecular weight excluding hydrogens is 412 g/mol. The lowest BCUT2D eigenvalue weighted by molar-refractivity contribution is 0.103. The van der Waals surface area contributed by atoms with Crippen LogP contribution in [0, 0.1) is 6.92 Å². The van der Waals surface area contributed by atoms with Crippen molar-refractivity contribution in [2.45, 2.75) is 62.3 Å². The quantitative estimate of drug-likeness (QED) is 0.321. The van der Waals surface area contributed by atoms with Crippen LogP contribution in [0.4, 0.5) is 0 Å². The predicted molar refractivity (Wildman–Crippen MR) is 138 cm³/mol. The number of ether oxygens (including phenoxy) is 1. The number of H-pyrrole nitrogens is 1. The number of imidazole rings is 1. The third kappa shape index (κ3) is 8.48. The van der Waals surface area contributed by atoms with E-state index in [0.717, 1.165) is 16.6 Å². The van der Waals surface area contributed by atoms with Crippen LogP contribution in [0.25, 0.3) is 11.0 Å². The van der Waals surface area contributed by atoms with Gasteiger partial charge in [-0.15, -0.1) is 0 Å². The van der Waals surface area contributed by atoms with Crippen LogP contribution in [0.2, 0.25) is 0 Å². The lowest BCUT2D eigenvalue weighted by Gasteiger charge is -2.07. The summed E-state index contributed by atoms with van der Waals surface area (Å²) in [4.78, 5) is 28.0. The van der Waals surface area contributed by atoms with Gasteiger partial charge in [0.05, 0.1) is 11.0 Å². The number of carbonyl (C=O) groups is 1.